The summed E-state index contributed by atoms with van der Waals surface area (Å²) in [5.74, 6) is 2.43. The van der Waals surface area contributed by atoms with Gasteiger partial charge in [0.25, 0.3) is 0 Å². The highest BCUT2D eigenvalue weighted by Gasteiger charge is 2.58. The number of hydrogen-bond donors (Lipinski definition) is 10. The molecule has 0 radical (unpaired) electrons. The average Bonchev–Trinajstić information content (AvgIpc) is 0.727. The molecule has 4 aliphatic carbocycles. The van der Waals surface area contributed by atoms with Crippen molar-refractivity contribution in [2.75, 3.05) is 56.8 Å². The number of methoxy groups -OCH3 is 2. The second kappa shape index (κ2) is 40.6. The summed E-state index contributed by atoms with van der Waals surface area (Å²) in [5, 5.41) is 62.3. The summed E-state index contributed by atoms with van der Waals surface area (Å²) in [4.78, 5) is 42.2. The van der Waals surface area contributed by atoms with E-state index in [1.54, 1.807) is 13.3 Å². The lowest BCUT2D eigenvalue weighted by Crippen LogP contribution is -2.65. The SMILES string of the molecule is C.C.CC(C)c1ncccc1CNc1ncc(C#N)c(N[C@H]2C[C@@H](O)C2(C)C)n1.COC1(C)CC(Nc2nc(NCc3c[nH+]ccc3C(F)(F)F)ncc2C(F)(F)F)C1(C)C.COC1CC(Nc2nc(NCc3c[nH+]ccc3C(F)(F)F)ncc2C(F)(F)F)C1(C)C.N#Cc1cnc(NCc2ccccc2Oc2ccccc2)nc1NC1CCC(O)CC1. The van der Waals surface area contributed by atoms with Gasteiger partial charge in [0, 0.05) is 134 Å². The zero-order valence-corrected chi connectivity index (χ0v) is 68.2. The van der Waals surface area contributed by atoms with E-state index in [0.717, 1.165) is 90.9 Å². The maximum Gasteiger partial charge on any atom is 0.421 e. The third-order valence-electron chi connectivity index (χ3n) is 22.6. The molecule has 662 valence electrons. The summed E-state index contributed by atoms with van der Waals surface area (Å²) < 4.78 is 176. The Kier molecular flexibility index (Phi) is 32.0. The summed E-state index contributed by atoms with van der Waals surface area (Å²) in [7, 11) is 3.08. The van der Waals surface area contributed by atoms with Gasteiger partial charge in [0.1, 0.15) is 69.2 Å². The summed E-state index contributed by atoms with van der Waals surface area (Å²) >= 11 is 0. The molecule has 0 amide bonds. The number of anilines is 8. The fourth-order valence-electron chi connectivity index (χ4n) is 14.2. The van der Waals surface area contributed by atoms with Crippen LogP contribution in [-0.4, -0.2) is 117 Å². The topological polar surface area (TPSA) is 356 Å². The Morgan fingerprint density at radius 1 is 0.496 bits per heavy atom. The molecule has 4 fully saturated rings. The van der Waals surface area contributed by atoms with Crippen LogP contribution < -0.4 is 57.2 Å². The zero-order chi connectivity index (χ0) is 88.0. The van der Waals surface area contributed by atoms with Gasteiger partial charge in [-0.05, 0) is 87.6 Å². The predicted octanol–water partition coefficient (Wildman–Crippen LogP) is 17.5. The van der Waals surface area contributed by atoms with Gasteiger partial charge < -0.3 is 67.0 Å². The van der Waals surface area contributed by atoms with Gasteiger partial charge in [-0.3, -0.25) is 4.98 Å². The van der Waals surface area contributed by atoms with Crippen LogP contribution in [0.25, 0.3) is 0 Å². The molecule has 0 bridgehead atoms. The molecule has 7 heterocycles. The van der Waals surface area contributed by atoms with Crippen molar-refractivity contribution in [3.63, 3.8) is 0 Å². The molecule has 4 saturated carbocycles. The quantitative estimate of drug-likeness (QED) is 0.0238. The highest BCUT2D eigenvalue weighted by atomic mass is 19.4. The summed E-state index contributed by atoms with van der Waals surface area (Å²) in [5.41, 5.74) is -1.92. The number of nitrogens with zero attached hydrogens (tertiary/aromatic N) is 11. The van der Waals surface area contributed by atoms with Crippen LogP contribution in [0.4, 0.5) is 99.7 Å². The first-order valence-electron chi connectivity index (χ1n) is 38.8. The molecule has 38 heteroatoms. The summed E-state index contributed by atoms with van der Waals surface area (Å²) in [6, 6.07) is 27.0. The van der Waals surface area contributed by atoms with Gasteiger partial charge >= 0.3 is 24.7 Å². The molecule has 4 aliphatic rings. The summed E-state index contributed by atoms with van der Waals surface area (Å²) in [6.45, 7) is 17.9. The van der Waals surface area contributed by atoms with Crippen LogP contribution in [0.15, 0.2) is 135 Å². The average molecular weight is 1730 g/mol. The number of aromatic nitrogens is 11. The number of aromatic amines is 2. The smallest absolute Gasteiger partial charge is 0.421 e. The van der Waals surface area contributed by atoms with E-state index in [9.17, 15) is 73.4 Å². The summed E-state index contributed by atoms with van der Waals surface area (Å²) in [6.07, 6.45) is -3.81. The van der Waals surface area contributed by atoms with Crippen LogP contribution >= 0.6 is 0 Å². The van der Waals surface area contributed by atoms with Crippen molar-refractivity contribution in [2.45, 2.75) is 227 Å². The Balaban J connectivity index is 0.000000203. The van der Waals surface area contributed by atoms with Gasteiger partial charge in [0.15, 0.2) is 24.8 Å². The minimum absolute atomic E-state index is 0. The molecule has 0 aliphatic heterocycles. The van der Waals surface area contributed by atoms with Crippen molar-refractivity contribution in [3.8, 4) is 23.6 Å². The molecule has 4 unspecified atom stereocenters. The number of ether oxygens (including phenoxy) is 3. The van der Waals surface area contributed by atoms with Gasteiger partial charge in [0.05, 0.1) is 47.4 Å². The van der Waals surface area contributed by atoms with Crippen molar-refractivity contribution >= 4 is 47.1 Å². The number of benzene rings is 2. The molecular weight excluding hydrogens is 1620 g/mol. The van der Waals surface area contributed by atoms with Crippen molar-refractivity contribution in [1.82, 2.24) is 44.9 Å². The fourth-order valence-corrected chi connectivity index (χ4v) is 14.2. The molecule has 7 aromatic heterocycles. The van der Waals surface area contributed by atoms with Gasteiger partial charge in [-0.15, -0.1) is 0 Å². The van der Waals surface area contributed by atoms with Gasteiger partial charge in [-0.2, -0.15) is 83.1 Å². The molecule has 0 spiro atoms. The van der Waals surface area contributed by atoms with E-state index in [-0.39, 0.29) is 98.9 Å². The van der Waals surface area contributed by atoms with Crippen LogP contribution in [0.1, 0.15) is 189 Å². The number of nitriles is 2. The Morgan fingerprint density at radius 3 is 1.37 bits per heavy atom. The van der Waals surface area contributed by atoms with E-state index < -0.39 is 75.0 Å². The van der Waals surface area contributed by atoms with Gasteiger partial charge in [-0.25, -0.2) is 29.9 Å². The number of hydrogen-bond acceptors (Lipinski definition) is 24. The van der Waals surface area contributed by atoms with Crippen LogP contribution in [0.5, 0.6) is 11.5 Å². The molecule has 6 atom stereocenters. The third-order valence-corrected chi connectivity index (χ3v) is 22.6. The standard InChI is InChI=1S/C24H25N5O2.C20H23F6N5O.C20H26N6O.C19H21F6N5O.2CH4/c25-14-18-16-27-24(29-23(18)28-19-10-12-20(30)13-11-19)26-15-17-6-4-5-9-22(17)31-21-7-2-1-3-8-21;1-17(2)14(7-18(17,3)32-4)30-15-13(20(24,25)26)10-29-16(31-15)28-9-11-8-27-6-5-12(11)19(21,22)23;1-12(2)17-13(6-5-7-22-17)10-23-19-24-11-14(9-21)18(26-19)25-15-8-16(27)20(15,3)4;1-17(2)13(6-14(17)31-3)29-15-12(19(23,24)25)9-28-16(30-15)27-8-10-7-26-5-4-11(10)18(20,21)22;;/h1-9,16,19-20,30H,10-13,15H2,(H2,26,27,28,29);5-6,8,10,14H,7,9H2,1-4H3,(H2,28,29,30,31);5-7,11-12,15-16,27H,8,10H2,1-4H3,(H2,23,24,25,26);4-5,7,9,13-14H,6,8H2,1-3H3,(H2,27,28,29,30);2*1H4/p+2/t;;15-,16+;;;/m..0.../s1. The number of rotatable bonds is 25. The number of H-pyrrole nitrogens is 2. The van der Waals surface area contributed by atoms with E-state index in [2.05, 4.69) is 123 Å². The minimum Gasteiger partial charge on any atom is -0.457 e. The molecule has 26 nitrogen and oxygen atoms in total. The largest absolute Gasteiger partial charge is 0.457 e. The highest BCUT2D eigenvalue weighted by molar-refractivity contribution is 5.57. The number of aliphatic hydroxyl groups excluding tert-OH is 2. The van der Waals surface area contributed by atoms with Crippen LogP contribution in [0.2, 0.25) is 0 Å². The first kappa shape index (κ1) is 96.8. The highest BCUT2D eigenvalue weighted by Crippen LogP contribution is 2.54. The fraction of sp³-hybridized carbons (Fsp3) is 0.471. The first-order chi connectivity index (χ1) is 57.1. The van der Waals surface area contributed by atoms with Gasteiger partial charge in [0.2, 0.25) is 23.8 Å². The number of para-hydroxylation sites is 2. The zero-order valence-electron chi connectivity index (χ0n) is 68.2. The second-order valence-electron chi connectivity index (χ2n) is 31.8. The lowest BCUT2D eigenvalue weighted by atomic mass is 9.56. The Labute approximate surface area is 706 Å². The number of alkyl halides is 12. The Bertz CT molecular complexity index is 5060. The van der Waals surface area contributed by atoms with E-state index in [0.29, 0.717) is 85.3 Å². The van der Waals surface area contributed by atoms with Crippen molar-refractivity contribution < 1.29 is 87.1 Å². The maximum atomic E-state index is 13.5. The van der Waals surface area contributed by atoms with E-state index in [1.165, 1.54) is 19.5 Å². The van der Waals surface area contributed by atoms with Crippen LogP contribution in [0, 0.1) is 38.9 Å². The van der Waals surface area contributed by atoms with Crippen LogP contribution in [0.3, 0.4) is 0 Å². The molecule has 2 aromatic carbocycles. The molecule has 13 rings (SSSR count). The predicted molar refractivity (Wildman–Crippen MR) is 439 cm³/mol. The maximum absolute atomic E-state index is 13.5. The first-order valence-corrected chi connectivity index (χ1v) is 38.8. The Hall–Kier alpha value is -11.6. The number of aliphatic hydroxyl groups is 2. The van der Waals surface area contributed by atoms with Crippen molar-refractivity contribution in [1.29, 1.82) is 10.5 Å². The lowest BCUT2D eigenvalue weighted by molar-refractivity contribution is -0.379. The lowest BCUT2D eigenvalue weighted by Gasteiger charge is -2.59. The van der Waals surface area contributed by atoms with Crippen molar-refractivity contribution in [3.05, 3.63) is 196 Å². The molecular formula is C85H105F12N21O5+2. The van der Waals surface area contributed by atoms with Crippen molar-refractivity contribution in [2.24, 2.45) is 16.2 Å². The normalized spacial score (nSPS) is 20.3. The number of pyridine rings is 3. The molecule has 123 heavy (non-hydrogen) atoms. The minimum atomic E-state index is -4.71. The number of nitrogens with one attached hydrogen (secondary N) is 10. The van der Waals surface area contributed by atoms with Crippen LogP contribution in [-0.2, 0) is 60.4 Å². The second-order valence-corrected chi connectivity index (χ2v) is 31.8. The number of halogens is 12. The Morgan fingerprint density at radius 2 is 0.927 bits per heavy atom. The van der Waals surface area contributed by atoms with E-state index >= 15 is 0 Å². The van der Waals surface area contributed by atoms with E-state index in [4.69, 9.17) is 14.2 Å². The van der Waals surface area contributed by atoms with Gasteiger partial charge in [-0.1, -0.05) is 113 Å². The third kappa shape index (κ3) is 24.2. The molecule has 9 aromatic rings. The monoisotopic (exact) mass is 1730 g/mol. The molecule has 0 saturated heterocycles. The van der Waals surface area contributed by atoms with E-state index in [1.807, 2.05) is 115 Å². The molecule has 12 N–H and O–H groups in total.